The molecule has 0 amide bonds. The molecule has 6 rings (SSSR count). The van der Waals surface area contributed by atoms with E-state index in [9.17, 15) is 20.1 Å². The summed E-state index contributed by atoms with van der Waals surface area (Å²) in [5, 5.41) is 32.2. The van der Waals surface area contributed by atoms with Gasteiger partial charge >= 0.3 is 5.97 Å². The van der Waals surface area contributed by atoms with Crippen molar-refractivity contribution in [2.75, 3.05) is 0 Å². The van der Waals surface area contributed by atoms with Crippen LogP contribution in [0.3, 0.4) is 0 Å². The second-order valence-electron chi connectivity index (χ2n) is 14.8. The molecule has 1 aromatic rings. The maximum absolute atomic E-state index is 11.9. The number of benzene rings is 1. The van der Waals surface area contributed by atoms with E-state index in [2.05, 4.69) is 27.7 Å². The molecule has 5 aliphatic carbocycles. The molecule has 7 unspecified atom stereocenters. The van der Waals surface area contributed by atoms with Crippen molar-refractivity contribution in [1.82, 2.24) is 0 Å². The van der Waals surface area contributed by atoms with Gasteiger partial charge in [-0.25, -0.2) is 4.79 Å². The van der Waals surface area contributed by atoms with Gasteiger partial charge in [0.15, 0.2) is 0 Å². The van der Waals surface area contributed by atoms with Gasteiger partial charge in [0.25, 0.3) is 0 Å². The Balaban J connectivity index is 1.19. The maximum atomic E-state index is 11.9. The minimum atomic E-state index is -0.804. The molecule has 4 nitrogen and oxygen atoms in total. The molecule has 5 aliphatic rings. The Kier molecular flexibility index (Phi) is 6.78. The van der Waals surface area contributed by atoms with E-state index in [-0.39, 0.29) is 17.6 Å². The molecule has 210 valence electrons. The summed E-state index contributed by atoms with van der Waals surface area (Å²) < 4.78 is 0. The summed E-state index contributed by atoms with van der Waals surface area (Å²) in [4.78, 5) is 11.8. The predicted molar refractivity (Wildman–Crippen MR) is 150 cm³/mol. The average molecular weight is 523 g/mol. The Hall–Kier alpha value is -1.39. The fourth-order valence-electron chi connectivity index (χ4n) is 11.5. The van der Waals surface area contributed by atoms with E-state index in [4.69, 9.17) is 0 Å². The SMILES string of the molecule is CC[C@@H]1C2C[C@H](O)CCC2(C)C2CC[C@@]3(C)C(CC[C@@H]3[C@H](C)CC3CC3c3ccccc3C(=O)O)C2[C@@H]1O. The average Bonchev–Trinajstić information content (AvgIpc) is 3.55. The highest BCUT2D eigenvalue weighted by atomic mass is 16.4. The first-order valence-electron chi connectivity index (χ1n) is 15.8. The number of aromatic carboxylic acids is 1. The van der Waals surface area contributed by atoms with E-state index >= 15 is 0 Å². The molecule has 13 atom stereocenters. The summed E-state index contributed by atoms with van der Waals surface area (Å²) in [6.07, 6.45) is 10.9. The molecule has 0 radical (unpaired) electrons. The molecule has 0 saturated heterocycles. The van der Waals surface area contributed by atoms with Crippen LogP contribution in [0.2, 0.25) is 0 Å². The van der Waals surface area contributed by atoms with E-state index in [1.807, 2.05) is 18.2 Å². The van der Waals surface area contributed by atoms with E-state index in [1.165, 1.54) is 32.1 Å². The van der Waals surface area contributed by atoms with E-state index in [1.54, 1.807) is 6.07 Å². The van der Waals surface area contributed by atoms with Crippen molar-refractivity contribution in [2.45, 2.75) is 110 Å². The first-order chi connectivity index (χ1) is 18.1. The monoisotopic (exact) mass is 522 g/mol. The lowest BCUT2D eigenvalue weighted by Gasteiger charge is -2.64. The fourth-order valence-corrected chi connectivity index (χ4v) is 11.5. The van der Waals surface area contributed by atoms with Crippen LogP contribution >= 0.6 is 0 Å². The third-order valence-electron chi connectivity index (χ3n) is 13.3. The number of rotatable bonds is 6. The summed E-state index contributed by atoms with van der Waals surface area (Å²) in [5.41, 5.74) is 2.07. The highest BCUT2D eigenvalue weighted by Crippen LogP contribution is 2.70. The van der Waals surface area contributed by atoms with Gasteiger partial charge in [-0.3, -0.25) is 0 Å². The van der Waals surface area contributed by atoms with Gasteiger partial charge in [0.2, 0.25) is 0 Å². The van der Waals surface area contributed by atoms with Crippen LogP contribution in [0.25, 0.3) is 0 Å². The molecule has 0 spiro atoms. The summed E-state index contributed by atoms with van der Waals surface area (Å²) in [5.74, 6) is 3.88. The highest BCUT2D eigenvalue weighted by molar-refractivity contribution is 5.89. The van der Waals surface area contributed by atoms with Gasteiger partial charge in [0.1, 0.15) is 0 Å². The maximum Gasteiger partial charge on any atom is 0.335 e. The second kappa shape index (κ2) is 9.61. The molecule has 5 fully saturated rings. The van der Waals surface area contributed by atoms with Gasteiger partial charge < -0.3 is 15.3 Å². The molecule has 0 aliphatic heterocycles. The number of carbonyl (C=O) groups is 1. The standard InChI is InChI=1S/C34H50O4/c1-5-22-29-18-21(35)12-14-34(29,4)28-13-15-33(3)26(10-11-27(33)30(28)31(22)36)19(2)16-20-17-25(20)23-8-6-7-9-24(23)32(37)38/h6-9,19-22,25-31,35-36H,5,10-18H2,1-4H3,(H,37,38)/t19-,20?,21-,22-,25?,26-,27?,28?,29?,30?,31-,33-,34?/m1/s1. The lowest BCUT2D eigenvalue weighted by atomic mass is 9.41. The van der Waals surface area contributed by atoms with Crippen LogP contribution in [0.5, 0.6) is 0 Å². The number of hydrogen-bond acceptors (Lipinski definition) is 3. The van der Waals surface area contributed by atoms with Crippen molar-refractivity contribution in [3.8, 4) is 0 Å². The molecule has 4 heteroatoms. The van der Waals surface area contributed by atoms with Crippen molar-refractivity contribution >= 4 is 5.97 Å². The molecule has 1 aromatic carbocycles. The molecular weight excluding hydrogens is 472 g/mol. The van der Waals surface area contributed by atoms with Crippen molar-refractivity contribution in [3.05, 3.63) is 35.4 Å². The topological polar surface area (TPSA) is 77.8 Å². The second-order valence-corrected chi connectivity index (χ2v) is 14.8. The number of aliphatic hydroxyl groups is 2. The van der Waals surface area contributed by atoms with Crippen molar-refractivity contribution < 1.29 is 20.1 Å². The summed E-state index contributed by atoms with van der Waals surface area (Å²) in [6.45, 7) is 9.81. The molecule has 5 saturated carbocycles. The van der Waals surface area contributed by atoms with Crippen LogP contribution < -0.4 is 0 Å². The first-order valence-corrected chi connectivity index (χ1v) is 15.8. The van der Waals surface area contributed by atoms with Crippen molar-refractivity contribution in [1.29, 1.82) is 0 Å². The highest BCUT2D eigenvalue weighted by Gasteiger charge is 2.65. The summed E-state index contributed by atoms with van der Waals surface area (Å²) in [6, 6.07) is 7.61. The number of aliphatic hydroxyl groups excluding tert-OH is 2. The number of carboxylic acids is 1. The van der Waals surface area contributed by atoms with Crippen LogP contribution in [0, 0.1) is 58.2 Å². The Morgan fingerprint density at radius 3 is 2.42 bits per heavy atom. The Labute approximate surface area is 229 Å². The third-order valence-corrected chi connectivity index (χ3v) is 13.3. The van der Waals surface area contributed by atoms with Crippen LogP contribution in [0.15, 0.2) is 24.3 Å². The minimum absolute atomic E-state index is 0.190. The lowest BCUT2D eigenvalue weighted by molar-refractivity contribution is -0.203. The van der Waals surface area contributed by atoms with E-state index in [0.29, 0.717) is 64.2 Å². The van der Waals surface area contributed by atoms with Gasteiger partial charge in [-0.15, -0.1) is 0 Å². The van der Waals surface area contributed by atoms with Crippen molar-refractivity contribution in [3.63, 3.8) is 0 Å². The van der Waals surface area contributed by atoms with Gasteiger partial charge in [-0.2, -0.15) is 0 Å². The smallest absolute Gasteiger partial charge is 0.335 e. The van der Waals surface area contributed by atoms with E-state index in [0.717, 1.165) is 37.7 Å². The quantitative estimate of drug-likeness (QED) is 0.371. The predicted octanol–water partition coefficient (Wildman–Crippen LogP) is 7.14. The molecule has 0 heterocycles. The molecule has 0 bridgehead atoms. The number of carboxylic acid groups (broad SMARTS) is 1. The van der Waals surface area contributed by atoms with E-state index < -0.39 is 5.97 Å². The fraction of sp³-hybridized carbons (Fsp3) is 0.794. The Bertz CT molecular complexity index is 1050. The van der Waals surface area contributed by atoms with Crippen LogP contribution in [0.1, 0.15) is 114 Å². The first kappa shape index (κ1) is 26.8. The number of hydrogen-bond donors (Lipinski definition) is 3. The van der Waals surface area contributed by atoms with Crippen LogP contribution in [0.4, 0.5) is 0 Å². The van der Waals surface area contributed by atoms with Crippen LogP contribution in [-0.4, -0.2) is 33.5 Å². The summed E-state index contributed by atoms with van der Waals surface area (Å²) >= 11 is 0. The largest absolute Gasteiger partial charge is 0.478 e. The van der Waals surface area contributed by atoms with Gasteiger partial charge in [-0.05, 0) is 134 Å². The molecule has 38 heavy (non-hydrogen) atoms. The van der Waals surface area contributed by atoms with Gasteiger partial charge in [-0.1, -0.05) is 52.3 Å². The summed E-state index contributed by atoms with van der Waals surface area (Å²) in [7, 11) is 0. The number of fused-ring (bicyclic) bond motifs is 5. The normalized spacial score (nSPS) is 48.5. The zero-order valence-electron chi connectivity index (χ0n) is 24.0. The van der Waals surface area contributed by atoms with Gasteiger partial charge in [0, 0.05) is 0 Å². The zero-order valence-corrected chi connectivity index (χ0v) is 24.0. The third kappa shape index (κ3) is 4.02. The van der Waals surface area contributed by atoms with Crippen molar-refractivity contribution in [2.24, 2.45) is 58.2 Å². The molecule has 0 aromatic heterocycles. The Morgan fingerprint density at radius 1 is 0.974 bits per heavy atom. The van der Waals surface area contributed by atoms with Crippen LogP contribution in [-0.2, 0) is 0 Å². The Morgan fingerprint density at radius 2 is 1.68 bits per heavy atom. The lowest BCUT2D eigenvalue weighted by Crippen LogP contribution is -2.62. The molecule has 3 N–H and O–H groups in total. The zero-order chi connectivity index (χ0) is 27.0. The van der Waals surface area contributed by atoms with Gasteiger partial charge in [0.05, 0.1) is 17.8 Å². The minimum Gasteiger partial charge on any atom is -0.478 e. The molecular formula is C34H50O4.